The summed E-state index contributed by atoms with van der Waals surface area (Å²) in [7, 11) is 6.43. The van der Waals surface area contributed by atoms with Crippen LogP contribution in [-0.2, 0) is 16.3 Å². The van der Waals surface area contributed by atoms with E-state index in [4.69, 9.17) is 14.1 Å². The predicted octanol–water partition coefficient (Wildman–Crippen LogP) is 5.29. The van der Waals surface area contributed by atoms with Gasteiger partial charge < -0.3 is 19.0 Å². The van der Waals surface area contributed by atoms with Crippen LogP contribution in [0.1, 0.15) is 58.3 Å². The van der Waals surface area contributed by atoms with Crippen molar-refractivity contribution in [1.29, 1.82) is 0 Å². The van der Waals surface area contributed by atoms with Crippen LogP contribution < -0.4 is 4.90 Å². The van der Waals surface area contributed by atoms with E-state index in [1.54, 1.807) is 24.5 Å². The van der Waals surface area contributed by atoms with E-state index in [-0.39, 0.29) is 17.8 Å². The van der Waals surface area contributed by atoms with Crippen molar-refractivity contribution in [3.8, 4) is 11.6 Å². The summed E-state index contributed by atoms with van der Waals surface area (Å²) in [5.74, 6) is 1.35. The van der Waals surface area contributed by atoms with Crippen molar-refractivity contribution in [2.75, 3.05) is 38.8 Å². The molecule has 4 aromatic rings. The average molecular weight is 579 g/mol. The highest BCUT2D eigenvalue weighted by Gasteiger charge is 2.34. The van der Waals surface area contributed by atoms with Gasteiger partial charge in [0.25, 0.3) is 11.8 Å². The fourth-order valence-electron chi connectivity index (χ4n) is 4.90. The van der Waals surface area contributed by atoms with Crippen molar-refractivity contribution in [3.63, 3.8) is 0 Å². The van der Waals surface area contributed by atoms with Crippen LogP contribution in [0.3, 0.4) is 0 Å². The van der Waals surface area contributed by atoms with Gasteiger partial charge in [-0.3, -0.25) is 4.79 Å². The van der Waals surface area contributed by atoms with E-state index in [0.29, 0.717) is 49.1 Å². The lowest BCUT2D eigenvalue weighted by atomic mass is 10.0. The third-order valence-electron chi connectivity index (χ3n) is 7.06. The number of hydrogen-bond donors (Lipinski definition) is 0. The number of carbonyl (C=O) groups is 1. The summed E-state index contributed by atoms with van der Waals surface area (Å²) < 4.78 is 11.5. The lowest BCUT2D eigenvalue weighted by Crippen LogP contribution is -2.31. The first kappa shape index (κ1) is 28.3. The van der Waals surface area contributed by atoms with Gasteiger partial charge in [0.05, 0.1) is 17.8 Å². The number of pyridine rings is 1. The van der Waals surface area contributed by atoms with Crippen LogP contribution in [0.5, 0.6) is 0 Å². The van der Waals surface area contributed by atoms with Gasteiger partial charge in [0.2, 0.25) is 5.89 Å². The van der Waals surface area contributed by atoms with Crippen LogP contribution in [0.25, 0.3) is 11.6 Å². The Labute approximate surface area is 241 Å². The molecule has 3 atom stereocenters. The molecule has 1 aliphatic rings. The highest BCUT2D eigenvalue weighted by Crippen LogP contribution is 2.37. The summed E-state index contributed by atoms with van der Waals surface area (Å²) in [5, 5.41) is 11.3. The molecule has 40 heavy (non-hydrogen) atoms. The number of hydrogen-bond acceptors (Lipinski definition) is 9. The average Bonchev–Trinajstić information content (AvgIpc) is 3.72. The van der Waals surface area contributed by atoms with E-state index in [9.17, 15) is 4.79 Å². The fraction of sp³-hybridized carbons (Fsp3) is 0.414. The Morgan fingerprint density at radius 1 is 1.25 bits per heavy atom. The maximum absolute atomic E-state index is 13.9. The van der Waals surface area contributed by atoms with Gasteiger partial charge in [-0.1, -0.05) is 30.3 Å². The lowest BCUT2D eigenvalue weighted by molar-refractivity contribution is 0.0735. The van der Waals surface area contributed by atoms with Crippen molar-refractivity contribution >= 4 is 32.3 Å². The Bertz CT molecular complexity index is 1460. The molecule has 1 amide bonds. The minimum atomic E-state index is -0.466. The van der Waals surface area contributed by atoms with Crippen LogP contribution in [-0.4, -0.2) is 64.8 Å². The van der Waals surface area contributed by atoms with E-state index >= 15 is 0 Å². The molecule has 210 valence electrons. The van der Waals surface area contributed by atoms with Gasteiger partial charge in [-0.25, -0.2) is 9.97 Å². The molecule has 1 aliphatic heterocycles. The van der Waals surface area contributed by atoms with Crippen molar-refractivity contribution < 1.29 is 13.9 Å². The number of amides is 1. The third-order valence-corrected chi connectivity index (χ3v) is 8.58. The molecule has 1 saturated heterocycles. The Hall–Kier alpha value is -3.20. The molecule has 0 aliphatic carbocycles. The van der Waals surface area contributed by atoms with E-state index in [0.717, 1.165) is 23.5 Å². The topological polar surface area (TPSA) is 97.5 Å². The first-order valence-corrected chi connectivity index (χ1v) is 14.8. The quantitative estimate of drug-likeness (QED) is 0.234. The smallest absolute Gasteiger partial charge is 0.266 e. The number of likely N-dealkylation sites (tertiary alicyclic amines) is 1. The Kier molecular flexibility index (Phi) is 8.59. The molecule has 0 radical (unpaired) electrons. The zero-order valence-electron chi connectivity index (χ0n) is 23.3. The molecule has 11 heteroatoms. The monoisotopic (exact) mass is 578 g/mol. The Balaban J connectivity index is 1.47. The normalized spacial score (nSPS) is 16.7. The molecule has 0 bridgehead atoms. The molecule has 1 aromatic carbocycles. The Morgan fingerprint density at radius 3 is 2.77 bits per heavy atom. The largest absolute Gasteiger partial charge is 0.418 e. The molecular formula is C29H35N6O3PS. The first-order chi connectivity index (χ1) is 19.2. The molecule has 1 fully saturated rings. The lowest BCUT2D eigenvalue weighted by Gasteiger charge is -2.24. The van der Waals surface area contributed by atoms with Crippen molar-refractivity contribution in [2.24, 2.45) is 0 Å². The summed E-state index contributed by atoms with van der Waals surface area (Å²) in [6.45, 7) is 5.86. The number of benzene rings is 1. The second kappa shape index (κ2) is 12.1. The molecule has 0 saturated carbocycles. The summed E-state index contributed by atoms with van der Waals surface area (Å²) in [4.78, 5) is 27.3. The highest BCUT2D eigenvalue weighted by atomic mass is 32.1. The minimum absolute atomic E-state index is 0.0247. The minimum Gasteiger partial charge on any atom is -0.418 e. The van der Waals surface area contributed by atoms with Gasteiger partial charge in [0.15, 0.2) is 0 Å². The van der Waals surface area contributed by atoms with Crippen LogP contribution >= 0.6 is 20.6 Å². The number of rotatable bonds is 10. The van der Waals surface area contributed by atoms with Crippen molar-refractivity contribution in [2.45, 2.75) is 44.3 Å². The molecule has 3 aromatic heterocycles. The first-order valence-electron chi connectivity index (χ1n) is 13.4. The van der Waals surface area contributed by atoms with Gasteiger partial charge in [0.1, 0.15) is 16.5 Å². The number of nitrogens with zero attached hydrogens (tertiary/aromatic N) is 6. The summed E-state index contributed by atoms with van der Waals surface area (Å²) in [6, 6.07) is 13.8. The molecule has 1 unspecified atom stereocenters. The van der Waals surface area contributed by atoms with Crippen LogP contribution in [0.4, 0.5) is 5.82 Å². The van der Waals surface area contributed by atoms with Crippen molar-refractivity contribution in [1.82, 2.24) is 25.1 Å². The number of carbonyl (C=O) groups excluding carboxylic acids is 1. The van der Waals surface area contributed by atoms with Crippen LogP contribution in [0.2, 0.25) is 0 Å². The molecule has 9 nitrogen and oxygen atoms in total. The molecule has 0 N–H and O–H groups in total. The zero-order valence-corrected chi connectivity index (χ0v) is 25.3. The van der Waals surface area contributed by atoms with E-state index < -0.39 is 5.16 Å². The maximum atomic E-state index is 13.9. The Morgan fingerprint density at radius 2 is 2.05 bits per heavy atom. The molecule has 5 rings (SSSR count). The van der Waals surface area contributed by atoms with Gasteiger partial charge in [-0.05, 0) is 50.8 Å². The summed E-state index contributed by atoms with van der Waals surface area (Å²) in [6.07, 6.45) is 2.55. The maximum Gasteiger partial charge on any atom is 0.266 e. The fourth-order valence-corrected chi connectivity index (χ4v) is 6.19. The SMILES string of the molecule is COCCN(C)c1cc(C(=O)N2CCC[C@@H]2c2nc(C)cs2)cc(-c2nnc([C@](C)(P)Cc3ccccc3)o2)n1. The standard InChI is InChI=1S/C29H35N6O3PS/c1-19-18-40-26(30-19)23-11-8-12-35(23)27(36)21-15-22(31-24(16-21)34(3)13-14-37-4)25-32-33-28(38-25)29(2,39)17-20-9-6-5-7-10-20/h5-7,9-10,15-16,18,23H,8,11-14,17,39H2,1-4H3/t23-,29-/m1/s1. The van der Waals surface area contributed by atoms with Crippen LogP contribution in [0.15, 0.2) is 52.3 Å². The van der Waals surface area contributed by atoms with E-state index in [2.05, 4.69) is 36.6 Å². The van der Waals surface area contributed by atoms with E-state index in [1.165, 1.54) is 5.56 Å². The number of likely N-dealkylation sites (N-methyl/N-ethyl adjacent to an activating group) is 1. The van der Waals surface area contributed by atoms with E-state index in [1.807, 2.05) is 60.3 Å². The zero-order chi connectivity index (χ0) is 28.3. The number of aryl methyl sites for hydroxylation is 1. The third kappa shape index (κ3) is 6.24. The summed E-state index contributed by atoms with van der Waals surface area (Å²) >= 11 is 1.61. The van der Waals surface area contributed by atoms with Crippen LogP contribution in [0, 0.1) is 6.92 Å². The summed E-state index contributed by atoms with van der Waals surface area (Å²) in [5.41, 5.74) is 3.14. The molecule has 4 heterocycles. The molecule has 0 spiro atoms. The van der Waals surface area contributed by atoms with Gasteiger partial charge in [-0.15, -0.1) is 30.8 Å². The van der Waals surface area contributed by atoms with Gasteiger partial charge >= 0.3 is 0 Å². The molecular weight excluding hydrogens is 543 g/mol. The second-order valence-electron chi connectivity index (χ2n) is 10.5. The number of anilines is 1. The predicted molar refractivity (Wildman–Crippen MR) is 160 cm³/mol. The highest BCUT2D eigenvalue weighted by molar-refractivity contribution is 7.18. The second-order valence-corrected chi connectivity index (χ2v) is 12.7. The number of methoxy groups -OCH3 is 1. The number of thiazole rings is 1. The van der Waals surface area contributed by atoms with Gasteiger partial charge in [-0.2, -0.15) is 0 Å². The van der Waals surface area contributed by atoms with Crippen molar-refractivity contribution in [3.05, 3.63) is 75.6 Å². The number of ether oxygens (including phenoxy) is 1. The van der Waals surface area contributed by atoms with Gasteiger partial charge in [0, 0.05) is 43.9 Å². The number of aromatic nitrogens is 4.